The summed E-state index contributed by atoms with van der Waals surface area (Å²) in [5.41, 5.74) is 0.483. The van der Waals surface area contributed by atoms with Gasteiger partial charge in [-0.2, -0.15) is 9.78 Å². The molecule has 0 unspecified atom stereocenters. The van der Waals surface area contributed by atoms with E-state index in [1.807, 2.05) is 6.07 Å². The number of hydrogen-bond donors (Lipinski definition) is 0. The van der Waals surface area contributed by atoms with Crippen LogP contribution in [0.2, 0.25) is 5.02 Å². The molecule has 0 N–H and O–H groups in total. The number of nitro groups is 2. The maximum absolute atomic E-state index is 13.4. The second-order valence-corrected chi connectivity index (χ2v) is 9.91. The van der Waals surface area contributed by atoms with Crippen molar-refractivity contribution >= 4 is 40.1 Å². The topological polar surface area (TPSA) is 143 Å². The molecule has 204 valence electrons. The predicted octanol–water partition coefficient (Wildman–Crippen LogP) is 6.38. The summed E-state index contributed by atoms with van der Waals surface area (Å²) in [6, 6.07) is 15.5. The van der Waals surface area contributed by atoms with Crippen LogP contribution in [0.5, 0.6) is 5.75 Å². The summed E-state index contributed by atoms with van der Waals surface area (Å²) in [5, 5.41) is 27.7. The fourth-order valence-electron chi connectivity index (χ4n) is 4.87. The molecule has 1 aliphatic rings. The van der Waals surface area contributed by atoms with E-state index < -0.39 is 15.5 Å². The Bertz CT molecular complexity index is 1700. The summed E-state index contributed by atoms with van der Waals surface area (Å²) >= 11 is 6.39. The van der Waals surface area contributed by atoms with Crippen LogP contribution in [0.1, 0.15) is 55.0 Å². The maximum atomic E-state index is 13.4. The van der Waals surface area contributed by atoms with Crippen molar-refractivity contribution in [3.63, 3.8) is 0 Å². The van der Waals surface area contributed by atoms with Gasteiger partial charge in [-0.15, -0.1) is 0 Å². The Kier molecular flexibility index (Phi) is 7.83. The summed E-state index contributed by atoms with van der Waals surface area (Å²) < 4.78 is 6.91. The van der Waals surface area contributed by atoms with Crippen molar-refractivity contribution in [2.45, 2.75) is 44.6 Å². The SMILES string of the molecule is O=c1c2ccccc2nc(C2CCCCC2)n1N=Cc1cc(Cl)c(OCc2cccc([N+](=O)[O-])c2)c([N+](=O)[O-])c1. The lowest BCUT2D eigenvalue weighted by atomic mass is 9.88. The van der Waals surface area contributed by atoms with Gasteiger partial charge in [-0.1, -0.05) is 55.1 Å². The Morgan fingerprint density at radius 1 is 1.02 bits per heavy atom. The number of para-hydroxylation sites is 1. The quantitative estimate of drug-likeness (QED) is 0.138. The highest BCUT2D eigenvalue weighted by Crippen LogP contribution is 2.37. The van der Waals surface area contributed by atoms with E-state index in [-0.39, 0.29) is 40.1 Å². The van der Waals surface area contributed by atoms with Crippen LogP contribution in [0.25, 0.3) is 10.9 Å². The van der Waals surface area contributed by atoms with E-state index in [2.05, 4.69) is 5.10 Å². The van der Waals surface area contributed by atoms with Gasteiger partial charge in [-0.05, 0) is 36.6 Å². The van der Waals surface area contributed by atoms with Gasteiger partial charge in [0.2, 0.25) is 5.75 Å². The number of fused-ring (bicyclic) bond motifs is 1. The van der Waals surface area contributed by atoms with Crippen molar-refractivity contribution in [1.29, 1.82) is 0 Å². The zero-order chi connectivity index (χ0) is 28.2. The molecule has 0 bridgehead atoms. The second kappa shape index (κ2) is 11.6. The van der Waals surface area contributed by atoms with Crippen LogP contribution in [-0.4, -0.2) is 25.7 Å². The zero-order valence-corrected chi connectivity index (χ0v) is 22.0. The van der Waals surface area contributed by atoms with Crippen molar-refractivity contribution in [3.05, 3.63) is 113 Å². The first-order valence-corrected chi connectivity index (χ1v) is 13.1. The minimum absolute atomic E-state index is 0.0439. The van der Waals surface area contributed by atoms with Crippen LogP contribution in [0.15, 0.2) is 70.6 Å². The third-order valence-corrected chi connectivity index (χ3v) is 7.10. The molecule has 5 rings (SSSR count). The molecule has 1 aromatic heterocycles. The number of nitro benzene ring substituents is 2. The number of aromatic nitrogens is 2. The van der Waals surface area contributed by atoms with Crippen molar-refractivity contribution in [3.8, 4) is 5.75 Å². The molecular formula is C28H24ClN5O6. The maximum Gasteiger partial charge on any atom is 0.313 e. The largest absolute Gasteiger partial charge is 0.481 e. The Morgan fingerprint density at radius 2 is 1.80 bits per heavy atom. The lowest BCUT2D eigenvalue weighted by Crippen LogP contribution is -2.25. The van der Waals surface area contributed by atoms with Gasteiger partial charge in [0.1, 0.15) is 12.4 Å². The van der Waals surface area contributed by atoms with E-state index >= 15 is 0 Å². The molecule has 11 nitrogen and oxygen atoms in total. The first-order valence-electron chi connectivity index (χ1n) is 12.7. The summed E-state index contributed by atoms with van der Waals surface area (Å²) in [4.78, 5) is 39.9. The van der Waals surface area contributed by atoms with Gasteiger partial charge in [-0.3, -0.25) is 25.0 Å². The number of non-ortho nitro benzene ring substituents is 1. The van der Waals surface area contributed by atoms with Crippen molar-refractivity contribution in [1.82, 2.24) is 9.66 Å². The standard InChI is InChI=1S/C28H24ClN5O6/c29-23-14-19(15-25(34(38)39)26(23)40-17-18-7-6-10-21(13-18)33(36)37)16-30-32-27(20-8-2-1-3-9-20)31-24-12-5-4-11-22(24)28(32)35/h4-7,10-16,20H,1-3,8-9,17H2. The van der Waals surface area contributed by atoms with E-state index in [1.54, 1.807) is 24.3 Å². The normalized spacial score (nSPS) is 14.0. The molecule has 0 amide bonds. The molecule has 0 saturated heterocycles. The average Bonchev–Trinajstić information content (AvgIpc) is 2.96. The summed E-state index contributed by atoms with van der Waals surface area (Å²) in [6.45, 7) is -0.168. The smallest absolute Gasteiger partial charge is 0.313 e. The molecule has 3 aromatic carbocycles. The zero-order valence-electron chi connectivity index (χ0n) is 21.2. The fourth-order valence-corrected chi connectivity index (χ4v) is 5.15. The number of ether oxygens (including phenoxy) is 1. The third kappa shape index (κ3) is 5.69. The highest BCUT2D eigenvalue weighted by Gasteiger charge is 2.23. The molecule has 1 saturated carbocycles. The fraction of sp³-hybridized carbons (Fsp3) is 0.250. The Balaban J connectivity index is 1.49. The highest BCUT2D eigenvalue weighted by atomic mass is 35.5. The molecule has 0 atom stereocenters. The molecule has 40 heavy (non-hydrogen) atoms. The lowest BCUT2D eigenvalue weighted by Gasteiger charge is -2.22. The van der Waals surface area contributed by atoms with E-state index in [1.165, 1.54) is 41.2 Å². The molecule has 1 heterocycles. The van der Waals surface area contributed by atoms with Crippen LogP contribution >= 0.6 is 11.6 Å². The van der Waals surface area contributed by atoms with Gasteiger partial charge in [0, 0.05) is 29.7 Å². The van der Waals surface area contributed by atoms with Crippen LogP contribution in [-0.2, 0) is 6.61 Å². The minimum atomic E-state index is -0.636. The third-order valence-electron chi connectivity index (χ3n) is 6.82. The highest BCUT2D eigenvalue weighted by molar-refractivity contribution is 6.32. The summed E-state index contributed by atoms with van der Waals surface area (Å²) in [6.07, 6.45) is 6.35. The van der Waals surface area contributed by atoms with Gasteiger partial charge in [0.25, 0.3) is 11.2 Å². The number of halogens is 1. The summed E-state index contributed by atoms with van der Waals surface area (Å²) in [7, 11) is 0. The van der Waals surface area contributed by atoms with Crippen LogP contribution < -0.4 is 10.3 Å². The van der Waals surface area contributed by atoms with Gasteiger partial charge >= 0.3 is 5.69 Å². The van der Waals surface area contributed by atoms with Gasteiger partial charge in [-0.25, -0.2) is 4.98 Å². The van der Waals surface area contributed by atoms with Gasteiger partial charge in [0.15, 0.2) is 0 Å². The molecule has 4 aromatic rings. The average molecular weight is 562 g/mol. The van der Waals surface area contributed by atoms with Crippen LogP contribution in [0.4, 0.5) is 11.4 Å². The Labute approximate surface area is 233 Å². The second-order valence-electron chi connectivity index (χ2n) is 9.51. The van der Waals surface area contributed by atoms with Crippen molar-refractivity contribution < 1.29 is 14.6 Å². The monoisotopic (exact) mass is 561 g/mol. The predicted molar refractivity (Wildman–Crippen MR) is 150 cm³/mol. The summed E-state index contributed by atoms with van der Waals surface area (Å²) in [5.74, 6) is 0.464. The molecule has 0 radical (unpaired) electrons. The molecule has 0 aliphatic heterocycles. The van der Waals surface area contributed by atoms with Gasteiger partial charge in [0.05, 0.1) is 32.0 Å². The molecule has 0 spiro atoms. The first kappa shape index (κ1) is 26.9. The molecular weight excluding hydrogens is 538 g/mol. The van der Waals surface area contributed by atoms with E-state index in [0.29, 0.717) is 22.3 Å². The van der Waals surface area contributed by atoms with E-state index in [4.69, 9.17) is 21.3 Å². The number of rotatable bonds is 8. The van der Waals surface area contributed by atoms with Crippen molar-refractivity contribution in [2.24, 2.45) is 5.10 Å². The molecule has 12 heteroatoms. The van der Waals surface area contributed by atoms with Crippen LogP contribution in [0.3, 0.4) is 0 Å². The first-order chi connectivity index (χ1) is 19.3. The van der Waals surface area contributed by atoms with Crippen molar-refractivity contribution in [2.75, 3.05) is 0 Å². The van der Waals surface area contributed by atoms with Crippen LogP contribution in [0, 0.1) is 20.2 Å². The molecule has 1 fully saturated rings. The molecule has 1 aliphatic carbocycles. The van der Waals surface area contributed by atoms with Gasteiger partial charge < -0.3 is 4.74 Å². The van der Waals surface area contributed by atoms with E-state index in [9.17, 15) is 25.0 Å². The Morgan fingerprint density at radius 3 is 2.55 bits per heavy atom. The lowest BCUT2D eigenvalue weighted by molar-refractivity contribution is -0.385. The Hall–Kier alpha value is -4.64. The number of hydrogen-bond acceptors (Lipinski definition) is 8. The minimum Gasteiger partial charge on any atom is -0.481 e. The van der Waals surface area contributed by atoms with E-state index in [0.717, 1.165) is 32.1 Å². The number of benzene rings is 3. The number of nitrogens with zero attached hydrogens (tertiary/aromatic N) is 5.